The van der Waals surface area contributed by atoms with E-state index >= 15 is 0 Å². The maximum absolute atomic E-state index is 9.64. The number of carboxylic acids is 4. The molecule has 0 unspecified atom stereocenters. The predicted molar refractivity (Wildman–Crippen MR) is 134 cm³/mol. The highest BCUT2D eigenvalue weighted by molar-refractivity contribution is 6.30. The van der Waals surface area contributed by atoms with E-state index in [4.69, 9.17) is 36.8 Å². The van der Waals surface area contributed by atoms with Crippen LogP contribution < -0.4 is 4.74 Å². The maximum Gasteiger partial charge on any atom is 0.303 e. The lowest BCUT2D eigenvalue weighted by Crippen LogP contribution is -2.48. The zero-order chi connectivity index (χ0) is 27.7. The second-order valence-electron chi connectivity index (χ2n) is 8.17. The fourth-order valence-corrected chi connectivity index (χ4v) is 3.27. The third-order valence-electron chi connectivity index (χ3n) is 4.96. The summed E-state index contributed by atoms with van der Waals surface area (Å²) in [5, 5.41) is 32.4. The number of hydrogen-bond donors (Lipinski definition) is 4. The van der Waals surface area contributed by atoms with E-state index in [9.17, 15) is 19.2 Å². The first-order valence-electron chi connectivity index (χ1n) is 11.6. The standard InChI is InChI=1S/C16H25ClN2O.2C4H6O4/c1-4-20-16-6-5-15(17)11-14(16)12-18-7-9-19(10-8-18)13(2)3;2*5-3(6)1-2-4(7)8/h5-6,11,13H,4,7-10,12H2,1-3H3;2*1-2H2,(H,5,6)(H,7,8). The van der Waals surface area contributed by atoms with Crippen molar-refractivity contribution in [1.29, 1.82) is 0 Å². The van der Waals surface area contributed by atoms with Gasteiger partial charge in [0.05, 0.1) is 32.3 Å². The zero-order valence-electron chi connectivity index (χ0n) is 21.0. The van der Waals surface area contributed by atoms with Crippen molar-refractivity contribution in [3.8, 4) is 5.75 Å². The van der Waals surface area contributed by atoms with Crippen molar-refractivity contribution in [2.45, 2.75) is 59.0 Å². The minimum absolute atomic E-state index is 0.296. The summed E-state index contributed by atoms with van der Waals surface area (Å²) in [6, 6.07) is 6.54. The molecule has 36 heavy (non-hydrogen) atoms. The lowest BCUT2D eigenvalue weighted by molar-refractivity contribution is -0.143. The van der Waals surface area contributed by atoms with Gasteiger partial charge >= 0.3 is 23.9 Å². The lowest BCUT2D eigenvalue weighted by atomic mass is 10.1. The number of carbonyl (C=O) groups is 4. The normalized spacial score (nSPS) is 13.6. The van der Waals surface area contributed by atoms with Gasteiger partial charge in [0.2, 0.25) is 0 Å². The van der Waals surface area contributed by atoms with Gasteiger partial charge in [-0.2, -0.15) is 0 Å². The van der Waals surface area contributed by atoms with Gasteiger partial charge in [-0.15, -0.1) is 0 Å². The maximum atomic E-state index is 9.64. The number of benzene rings is 1. The largest absolute Gasteiger partial charge is 0.494 e. The first-order chi connectivity index (χ1) is 16.8. The summed E-state index contributed by atoms with van der Waals surface area (Å²) in [4.78, 5) is 43.6. The SMILES string of the molecule is CCOc1ccc(Cl)cc1CN1CCN(C(C)C)CC1.O=C(O)CCC(=O)O.O=C(O)CCC(=O)O. The van der Waals surface area contributed by atoms with Gasteiger partial charge < -0.3 is 25.2 Å². The molecule has 0 saturated carbocycles. The Morgan fingerprint density at radius 1 is 0.861 bits per heavy atom. The highest BCUT2D eigenvalue weighted by Crippen LogP contribution is 2.25. The van der Waals surface area contributed by atoms with E-state index in [2.05, 4.69) is 23.6 Å². The number of carboxylic acid groups (broad SMARTS) is 4. The summed E-state index contributed by atoms with van der Waals surface area (Å²) >= 11 is 6.12. The van der Waals surface area contributed by atoms with Gasteiger partial charge in [-0.05, 0) is 39.0 Å². The average molecular weight is 533 g/mol. The molecule has 1 heterocycles. The molecule has 0 amide bonds. The quantitative estimate of drug-likeness (QED) is 0.330. The smallest absolute Gasteiger partial charge is 0.303 e. The second-order valence-corrected chi connectivity index (χ2v) is 8.60. The van der Waals surface area contributed by atoms with Crippen molar-refractivity contribution in [1.82, 2.24) is 9.80 Å². The third kappa shape index (κ3) is 16.7. The Labute approximate surface area is 216 Å². The summed E-state index contributed by atoms with van der Waals surface area (Å²) in [6.45, 7) is 12.6. The summed E-state index contributed by atoms with van der Waals surface area (Å²) in [5.74, 6) is -3.34. The van der Waals surface area contributed by atoms with E-state index in [1.54, 1.807) is 0 Å². The van der Waals surface area contributed by atoms with E-state index in [-0.39, 0.29) is 25.7 Å². The predicted octanol–water partition coefficient (Wildman–Crippen LogP) is 3.14. The fraction of sp³-hybridized carbons (Fsp3) is 0.583. The van der Waals surface area contributed by atoms with Crippen LogP contribution in [0.25, 0.3) is 0 Å². The molecular formula is C24H37ClN2O9. The van der Waals surface area contributed by atoms with Crippen LogP contribution in [0.1, 0.15) is 52.0 Å². The fourth-order valence-electron chi connectivity index (χ4n) is 3.07. The molecular weight excluding hydrogens is 496 g/mol. The number of nitrogens with zero attached hydrogens (tertiary/aromatic N) is 2. The van der Waals surface area contributed by atoms with Crippen LogP contribution >= 0.6 is 11.6 Å². The van der Waals surface area contributed by atoms with Crippen LogP contribution in [0.15, 0.2) is 18.2 Å². The van der Waals surface area contributed by atoms with E-state index in [0.717, 1.165) is 43.5 Å². The summed E-state index contributed by atoms with van der Waals surface area (Å²) in [6.07, 6.45) is -1.19. The molecule has 4 N–H and O–H groups in total. The molecule has 11 nitrogen and oxygen atoms in total. The molecule has 0 spiro atoms. The van der Waals surface area contributed by atoms with Gasteiger partial charge in [0, 0.05) is 49.4 Å². The average Bonchev–Trinajstić information content (AvgIpc) is 2.79. The number of halogens is 1. The highest BCUT2D eigenvalue weighted by Gasteiger charge is 2.19. The number of rotatable bonds is 11. The Hall–Kier alpha value is -2.89. The van der Waals surface area contributed by atoms with Crippen LogP contribution in [-0.2, 0) is 25.7 Å². The van der Waals surface area contributed by atoms with Gasteiger partial charge in [-0.25, -0.2) is 0 Å². The van der Waals surface area contributed by atoms with Crippen LogP contribution in [0.5, 0.6) is 5.75 Å². The van der Waals surface area contributed by atoms with Crippen molar-refractivity contribution in [3.05, 3.63) is 28.8 Å². The highest BCUT2D eigenvalue weighted by atomic mass is 35.5. The Morgan fingerprint density at radius 2 is 1.31 bits per heavy atom. The molecule has 0 radical (unpaired) electrons. The monoisotopic (exact) mass is 532 g/mol. The Morgan fingerprint density at radius 3 is 1.67 bits per heavy atom. The summed E-state index contributed by atoms with van der Waals surface area (Å²) in [7, 11) is 0. The molecule has 1 aromatic carbocycles. The Kier molecular flexibility index (Phi) is 16.9. The van der Waals surface area contributed by atoms with E-state index < -0.39 is 23.9 Å². The van der Waals surface area contributed by atoms with Gasteiger partial charge in [-0.3, -0.25) is 29.0 Å². The molecule has 1 aromatic rings. The Bertz CT molecular complexity index is 785. The number of hydrogen-bond acceptors (Lipinski definition) is 7. The van der Waals surface area contributed by atoms with E-state index in [1.807, 2.05) is 25.1 Å². The van der Waals surface area contributed by atoms with E-state index in [0.29, 0.717) is 12.6 Å². The van der Waals surface area contributed by atoms with Crippen molar-refractivity contribution >= 4 is 35.5 Å². The molecule has 1 aliphatic heterocycles. The second kappa shape index (κ2) is 18.4. The third-order valence-corrected chi connectivity index (χ3v) is 5.19. The summed E-state index contributed by atoms with van der Waals surface area (Å²) < 4.78 is 5.70. The number of aliphatic carboxylic acids is 4. The molecule has 0 bridgehead atoms. The van der Waals surface area contributed by atoms with Crippen molar-refractivity contribution < 1.29 is 44.3 Å². The summed E-state index contributed by atoms with van der Waals surface area (Å²) in [5.41, 5.74) is 1.19. The van der Waals surface area contributed by atoms with Gasteiger partial charge in [0.15, 0.2) is 0 Å². The van der Waals surface area contributed by atoms with Crippen molar-refractivity contribution in [2.75, 3.05) is 32.8 Å². The van der Waals surface area contributed by atoms with Crippen LogP contribution in [0, 0.1) is 0 Å². The topological polar surface area (TPSA) is 165 Å². The van der Waals surface area contributed by atoms with E-state index in [1.165, 1.54) is 5.56 Å². The number of piperazine rings is 1. The first-order valence-corrected chi connectivity index (χ1v) is 12.0. The molecule has 2 rings (SSSR count). The molecule has 0 aromatic heterocycles. The van der Waals surface area contributed by atoms with Crippen LogP contribution in [0.3, 0.4) is 0 Å². The first kappa shape index (κ1) is 33.1. The molecule has 1 saturated heterocycles. The molecule has 12 heteroatoms. The van der Waals surface area contributed by atoms with Crippen LogP contribution in [-0.4, -0.2) is 92.9 Å². The van der Waals surface area contributed by atoms with Gasteiger partial charge in [0.1, 0.15) is 5.75 Å². The lowest BCUT2D eigenvalue weighted by Gasteiger charge is -2.37. The number of ether oxygens (including phenoxy) is 1. The van der Waals surface area contributed by atoms with Crippen molar-refractivity contribution in [2.24, 2.45) is 0 Å². The molecule has 1 aliphatic rings. The molecule has 0 atom stereocenters. The minimum atomic E-state index is -1.08. The Balaban J connectivity index is 0.000000634. The molecule has 0 aliphatic carbocycles. The van der Waals surface area contributed by atoms with Gasteiger partial charge in [0.25, 0.3) is 0 Å². The zero-order valence-corrected chi connectivity index (χ0v) is 21.7. The minimum Gasteiger partial charge on any atom is -0.494 e. The van der Waals surface area contributed by atoms with Gasteiger partial charge in [-0.1, -0.05) is 11.6 Å². The molecule has 204 valence electrons. The van der Waals surface area contributed by atoms with Crippen molar-refractivity contribution in [3.63, 3.8) is 0 Å². The van der Waals surface area contributed by atoms with Crippen LogP contribution in [0.2, 0.25) is 5.02 Å². The van der Waals surface area contributed by atoms with Crippen LogP contribution in [0.4, 0.5) is 0 Å². The molecule has 1 fully saturated rings.